The zero-order valence-corrected chi connectivity index (χ0v) is 30.9. The molecular weight excluding hydrogens is 683 g/mol. The first-order valence-electron chi connectivity index (χ1n) is 18.9. The smallest absolute Gasteiger partial charge is 0.0735 e. The van der Waals surface area contributed by atoms with Crippen LogP contribution in [0.5, 0.6) is 0 Å². The van der Waals surface area contributed by atoms with Gasteiger partial charge in [-0.2, -0.15) is 0 Å². The summed E-state index contributed by atoms with van der Waals surface area (Å²) in [6.45, 7) is 0. The highest BCUT2D eigenvalue weighted by atomic mass is 32.2. The van der Waals surface area contributed by atoms with Crippen molar-refractivity contribution in [3.05, 3.63) is 235 Å². The molecule has 0 fully saturated rings. The molecule has 0 unspecified atom stereocenters. The largest absolute Gasteiger partial charge is 0.310 e. The van der Waals surface area contributed by atoms with Crippen LogP contribution in [0, 0.1) is 0 Å². The third kappa shape index (κ3) is 5.03. The van der Waals surface area contributed by atoms with Crippen LogP contribution in [0.4, 0.5) is 17.1 Å². The molecule has 1 nitrogen and oxygen atoms in total. The fraction of sp³-hybridized carbons (Fsp3) is 0.0189. The molecule has 2 aliphatic rings. The van der Waals surface area contributed by atoms with E-state index in [2.05, 4.69) is 217 Å². The molecule has 1 aliphatic heterocycles. The minimum atomic E-state index is -0.439. The molecule has 1 heterocycles. The van der Waals surface area contributed by atoms with Gasteiger partial charge in [0.15, 0.2) is 0 Å². The maximum atomic E-state index is 2.46. The van der Waals surface area contributed by atoms with Crippen molar-refractivity contribution in [2.75, 3.05) is 4.90 Å². The lowest BCUT2D eigenvalue weighted by atomic mass is 9.67. The molecule has 0 N–H and O–H groups in total. The van der Waals surface area contributed by atoms with Crippen molar-refractivity contribution >= 4 is 39.6 Å². The van der Waals surface area contributed by atoms with E-state index in [0.29, 0.717) is 0 Å². The van der Waals surface area contributed by atoms with E-state index in [1.165, 1.54) is 76.2 Å². The summed E-state index contributed by atoms with van der Waals surface area (Å²) in [6, 6.07) is 78.2. The van der Waals surface area contributed by atoms with Gasteiger partial charge in [0.1, 0.15) is 0 Å². The van der Waals surface area contributed by atoms with Crippen molar-refractivity contribution in [1.82, 2.24) is 0 Å². The Balaban J connectivity index is 1.12. The van der Waals surface area contributed by atoms with Gasteiger partial charge in [0.25, 0.3) is 0 Å². The minimum Gasteiger partial charge on any atom is -0.310 e. The van der Waals surface area contributed by atoms with E-state index in [9.17, 15) is 0 Å². The number of rotatable bonds is 5. The zero-order valence-electron chi connectivity index (χ0n) is 30.1. The summed E-state index contributed by atoms with van der Waals surface area (Å²) < 4.78 is 0. The molecule has 0 saturated carbocycles. The van der Waals surface area contributed by atoms with Crippen LogP contribution >= 0.6 is 11.8 Å². The number of fused-ring (bicyclic) bond motifs is 10. The Bertz CT molecular complexity index is 2750. The van der Waals surface area contributed by atoms with E-state index >= 15 is 0 Å². The molecule has 11 rings (SSSR count). The van der Waals surface area contributed by atoms with Crippen LogP contribution in [0.1, 0.15) is 22.3 Å². The summed E-state index contributed by atoms with van der Waals surface area (Å²) in [7, 11) is 0. The van der Waals surface area contributed by atoms with Gasteiger partial charge in [0.2, 0.25) is 0 Å². The Labute approximate surface area is 326 Å². The van der Waals surface area contributed by atoms with Crippen LogP contribution < -0.4 is 4.90 Å². The zero-order chi connectivity index (χ0) is 36.3. The Hall–Kier alpha value is -6.61. The van der Waals surface area contributed by atoms with Gasteiger partial charge in [-0.3, -0.25) is 0 Å². The first-order valence-corrected chi connectivity index (χ1v) is 19.7. The number of hydrogen-bond acceptors (Lipinski definition) is 2. The van der Waals surface area contributed by atoms with Crippen molar-refractivity contribution in [1.29, 1.82) is 0 Å². The fourth-order valence-electron chi connectivity index (χ4n) is 9.03. The first kappa shape index (κ1) is 31.9. The molecule has 1 spiro atoms. The Morgan fingerprint density at radius 2 is 0.745 bits per heavy atom. The Morgan fingerprint density at radius 1 is 0.309 bits per heavy atom. The van der Waals surface area contributed by atoms with Crippen LogP contribution in [-0.2, 0) is 5.41 Å². The summed E-state index contributed by atoms with van der Waals surface area (Å²) in [5.41, 5.74) is 15.8. The quantitative estimate of drug-likeness (QED) is 0.174. The van der Waals surface area contributed by atoms with Crippen molar-refractivity contribution in [2.45, 2.75) is 15.2 Å². The highest BCUT2D eigenvalue weighted by molar-refractivity contribution is 7.99. The molecule has 2 heteroatoms. The predicted octanol–water partition coefficient (Wildman–Crippen LogP) is 14.5. The summed E-state index contributed by atoms with van der Waals surface area (Å²) >= 11 is 1.90. The first-order chi connectivity index (χ1) is 27.3. The van der Waals surface area contributed by atoms with Crippen LogP contribution in [-0.4, -0.2) is 0 Å². The molecule has 258 valence electrons. The SMILES string of the molecule is c1ccc(-c2ccc(N(c3ccc(-c4ccccc4)cc3)c3ccc4c(c3)Sc3cc5ccccc5cc3C43c4ccccc4-c4ccccc43)cc2)cc1. The number of nitrogens with zero attached hydrogens (tertiary/aromatic N) is 1. The van der Waals surface area contributed by atoms with E-state index in [1.54, 1.807) is 0 Å². The normalized spacial score (nSPS) is 13.2. The predicted molar refractivity (Wildman–Crippen MR) is 231 cm³/mol. The average Bonchev–Trinajstić information content (AvgIpc) is 3.55. The third-order valence-electron chi connectivity index (χ3n) is 11.5. The van der Waals surface area contributed by atoms with Crippen molar-refractivity contribution in [2.24, 2.45) is 0 Å². The Morgan fingerprint density at radius 3 is 1.31 bits per heavy atom. The van der Waals surface area contributed by atoms with Gasteiger partial charge in [-0.05, 0) is 115 Å². The van der Waals surface area contributed by atoms with Crippen molar-refractivity contribution in [3.63, 3.8) is 0 Å². The molecule has 0 saturated heterocycles. The second-order valence-corrected chi connectivity index (χ2v) is 15.6. The van der Waals surface area contributed by atoms with Gasteiger partial charge in [0, 0.05) is 26.9 Å². The molecule has 55 heavy (non-hydrogen) atoms. The molecule has 9 aromatic rings. The van der Waals surface area contributed by atoms with Crippen LogP contribution in [0.3, 0.4) is 0 Å². The van der Waals surface area contributed by atoms with Gasteiger partial charge in [-0.25, -0.2) is 0 Å². The molecule has 9 aromatic carbocycles. The number of hydrogen-bond donors (Lipinski definition) is 0. The maximum absolute atomic E-state index is 2.46. The van der Waals surface area contributed by atoms with E-state index in [-0.39, 0.29) is 0 Å². The second-order valence-electron chi connectivity index (χ2n) is 14.5. The van der Waals surface area contributed by atoms with Gasteiger partial charge in [-0.15, -0.1) is 0 Å². The van der Waals surface area contributed by atoms with Crippen molar-refractivity contribution in [3.8, 4) is 33.4 Å². The summed E-state index contributed by atoms with van der Waals surface area (Å²) in [4.78, 5) is 4.99. The minimum absolute atomic E-state index is 0.439. The van der Waals surface area contributed by atoms with E-state index in [1.807, 2.05) is 11.8 Å². The second kappa shape index (κ2) is 12.8. The van der Waals surface area contributed by atoms with Gasteiger partial charge in [-0.1, -0.05) is 176 Å². The molecule has 0 amide bonds. The lowest BCUT2D eigenvalue weighted by Gasteiger charge is -2.40. The standard InChI is InChI=1S/C53H35NS/c1-3-13-36(14-4-1)38-23-27-42(28-24-38)54(43-29-25-39(26-30-43)37-15-5-2-6-16-37)44-31-32-49-52(35-44)55-51-34-41-18-8-7-17-40(41)33-50(51)53(49)47-21-11-9-19-45(47)46-20-10-12-22-48(46)53/h1-35H. The molecule has 0 aromatic heterocycles. The van der Waals surface area contributed by atoms with Crippen LogP contribution in [0.15, 0.2) is 222 Å². The number of benzene rings is 9. The van der Waals surface area contributed by atoms with Crippen LogP contribution in [0.2, 0.25) is 0 Å². The third-order valence-corrected chi connectivity index (χ3v) is 12.6. The lowest BCUT2D eigenvalue weighted by Crippen LogP contribution is -2.32. The maximum Gasteiger partial charge on any atom is 0.0735 e. The fourth-order valence-corrected chi connectivity index (χ4v) is 10.3. The van der Waals surface area contributed by atoms with Crippen LogP contribution in [0.25, 0.3) is 44.2 Å². The van der Waals surface area contributed by atoms with E-state index in [4.69, 9.17) is 0 Å². The molecule has 0 bridgehead atoms. The highest BCUT2D eigenvalue weighted by Crippen LogP contribution is 2.63. The summed E-state index contributed by atoms with van der Waals surface area (Å²) in [6.07, 6.45) is 0. The Kier molecular flexibility index (Phi) is 7.40. The van der Waals surface area contributed by atoms with Crippen molar-refractivity contribution < 1.29 is 0 Å². The van der Waals surface area contributed by atoms with Gasteiger partial charge >= 0.3 is 0 Å². The molecule has 0 atom stereocenters. The number of anilines is 3. The van der Waals surface area contributed by atoms with Gasteiger partial charge in [0.05, 0.1) is 5.41 Å². The van der Waals surface area contributed by atoms with Gasteiger partial charge < -0.3 is 4.90 Å². The van der Waals surface area contributed by atoms with E-state index < -0.39 is 5.41 Å². The molecule has 1 aliphatic carbocycles. The summed E-state index contributed by atoms with van der Waals surface area (Å²) in [5, 5.41) is 2.54. The topological polar surface area (TPSA) is 3.24 Å². The highest BCUT2D eigenvalue weighted by Gasteiger charge is 2.50. The summed E-state index contributed by atoms with van der Waals surface area (Å²) in [5.74, 6) is 0. The average molecular weight is 718 g/mol. The molecule has 0 radical (unpaired) electrons. The monoisotopic (exact) mass is 717 g/mol. The lowest BCUT2D eigenvalue weighted by molar-refractivity contribution is 0.724. The van der Waals surface area contributed by atoms with E-state index in [0.717, 1.165) is 17.1 Å². The molecular formula is C53H35NS.